The van der Waals surface area contributed by atoms with Gasteiger partial charge in [0, 0.05) is 12.6 Å². The molecule has 36 heavy (non-hydrogen) atoms. The van der Waals surface area contributed by atoms with Gasteiger partial charge in [0.1, 0.15) is 0 Å². The molecule has 0 saturated carbocycles. The van der Waals surface area contributed by atoms with Crippen LogP contribution in [-0.2, 0) is 16.1 Å². The van der Waals surface area contributed by atoms with E-state index in [1.165, 1.54) is 0 Å². The molecule has 4 rings (SSSR count). The summed E-state index contributed by atoms with van der Waals surface area (Å²) >= 11 is 0. The molecule has 0 heterocycles. The SMILES string of the molecule is C[C@@H](c1ccccc1)N(Cc1ccccc1)[C@@H](c1ccccc1)[C@H](OC(=O)c1ccccc1)C(=O)O. The number of hydrogen-bond donors (Lipinski definition) is 1. The Kier molecular flexibility index (Phi) is 8.27. The van der Waals surface area contributed by atoms with Gasteiger partial charge in [0.05, 0.1) is 11.6 Å². The lowest BCUT2D eigenvalue weighted by Crippen LogP contribution is -2.44. The number of rotatable bonds is 10. The van der Waals surface area contributed by atoms with Crippen LogP contribution >= 0.6 is 0 Å². The van der Waals surface area contributed by atoms with Crippen LogP contribution in [0.1, 0.15) is 46.1 Å². The molecule has 0 spiro atoms. The average molecular weight is 480 g/mol. The third kappa shape index (κ3) is 6.06. The van der Waals surface area contributed by atoms with E-state index in [1.54, 1.807) is 30.3 Å². The lowest BCUT2D eigenvalue weighted by molar-refractivity contribution is -0.152. The molecule has 0 unspecified atom stereocenters. The molecule has 0 aliphatic carbocycles. The van der Waals surface area contributed by atoms with Crippen molar-refractivity contribution in [1.29, 1.82) is 0 Å². The Balaban J connectivity index is 1.80. The lowest BCUT2D eigenvalue weighted by atomic mass is 9.94. The van der Waals surface area contributed by atoms with Crippen LogP contribution < -0.4 is 0 Å². The highest BCUT2D eigenvalue weighted by atomic mass is 16.6. The van der Waals surface area contributed by atoms with Crippen molar-refractivity contribution in [3.8, 4) is 0 Å². The van der Waals surface area contributed by atoms with Gasteiger partial charge in [-0.25, -0.2) is 9.59 Å². The first-order valence-electron chi connectivity index (χ1n) is 11.9. The number of esters is 1. The van der Waals surface area contributed by atoms with Crippen LogP contribution in [0.2, 0.25) is 0 Å². The van der Waals surface area contributed by atoms with Crippen molar-refractivity contribution in [3.05, 3.63) is 144 Å². The summed E-state index contributed by atoms with van der Waals surface area (Å²) in [5, 5.41) is 10.4. The Morgan fingerprint density at radius 1 is 0.722 bits per heavy atom. The molecule has 0 saturated heterocycles. The Labute approximate surface area is 211 Å². The van der Waals surface area contributed by atoms with Gasteiger partial charge < -0.3 is 9.84 Å². The molecular weight excluding hydrogens is 450 g/mol. The molecule has 5 heteroatoms. The van der Waals surface area contributed by atoms with Crippen molar-refractivity contribution < 1.29 is 19.4 Å². The minimum atomic E-state index is -1.44. The van der Waals surface area contributed by atoms with Gasteiger partial charge in [-0.1, -0.05) is 109 Å². The van der Waals surface area contributed by atoms with Gasteiger partial charge in [0.2, 0.25) is 6.10 Å². The number of carboxylic acids is 1. The fraction of sp³-hybridized carbons (Fsp3) is 0.161. The second-order valence-electron chi connectivity index (χ2n) is 8.63. The zero-order valence-corrected chi connectivity index (χ0v) is 20.1. The van der Waals surface area contributed by atoms with Gasteiger partial charge in [-0.15, -0.1) is 0 Å². The van der Waals surface area contributed by atoms with E-state index in [-0.39, 0.29) is 6.04 Å². The summed E-state index contributed by atoms with van der Waals surface area (Å²) in [6.07, 6.45) is -1.44. The first-order valence-corrected chi connectivity index (χ1v) is 11.9. The first-order chi connectivity index (χ1) is 17.5. The predicted octanol–water partition coefficient (Wildman–Crippen LogP) is 6.30. The summed E-state index contributed by atoms with van der Waals surface area (Å²) in [7, 11) is 0. The fourth-order valence-electron chi connectivity index (χ4n) is 4.39. The van der Waals surface area contributed by atoms with Crippen molar-refractivity contribution in [2.45, 2.75) is 31.7 Å². The van der Waals surface area contributed by atoms with Crippen LogP contribution in [0, 0.1) is 0 Å². The monoisotopic (exact) mass is 479 g/mol. The summed E-state index contributed by atoms with van der Waals surface area (Å²) in [5.41, 5.74) is 3.12. The molecule has 4 aromatic rings. The van der Waals surface area contributed by atoms with E-state index >= 15 is 0 Å². The van der Waals surface area contributed by atoms with Gasteiger partial charge in [0.15, 0.2) is 0 Å². The minimum absolute atomic E-state index is 0.172. The average Bonchev–Trinajstić information content (AvgIpc) is 2.93. The molecule has 0 fully saturated rings. The van der Waals surface area contributed by atoms with E-state index in [4.69, 9.17) is 4.74 Å². The van der Waals surface area contributed by atoms with Crippen molar-refractivity contribution in [2.24, 2.45) is 0 Å². The molecule has 0 aliphatic heterocycles. The number of nitrogens with zero attached hydrogens (tertiary/aromatic N) is 1. The Bertz CT molecular complexity index is 1250. The van der Waals surface area contributed by atoms with Crippen LogP contribution in [-0.4, -0.2) is 28.0 Å². The van der Waals surface area contributed by atoms with Gasteiger partial charge >= 0.3 is 11.9 Å². The summed E-state index contributed by atoms with van der Waals surface area (Å²) in [5.74, 6) is -1.87. The van der Waals surface area contributed by atoms with E-state index in [0.717, 1.165) is 16.7 Å². The third-order valence-corrected chi connectivity index (χ3v) is 6.26. The Morgan fingerprint density at radius 2 is 1.19 bits per heavy atom. The molecular formula is C31H29NO4. The van der Waals surface area contributed by atoms with Gasteiger partial charge in [-0.05, 0) is 35.7 Å². The summed E-state index contributed by atoms with van der Waals surface area (Å²) in [6.45, 7) is 2.51. The Hall–Kier alpha value is -4.22. The number of carbonyl (C=O) groups is 2. The molecule has 3 atom stereocenters. The molecule has 0 amide bonds. The molecule has 0 bridgehead atoms. The maximum absolute atomic E-state index is 13.0. The van der Waals surface area contributed by atoms with Crippen molar-refractivity contribution in [2.75, 3.05) is 0 Å². The number of carboxylic acid groups (broad SMARTS) is 1. The van der Waals surface area contributed by atoms with E-state index in [1.807, 2.05) is 97.9 Å². The minimum Gasteiger partial charge on any atom is -0.478 e. The van der Waals surface area contributed by atoms with Crippen molar-refractivity contribution in [1.82, 2.24) is 4.90 Å². The van der Waals surface area contributed by atoms with Gasteiger partial charge in [0.25, 0.3) is 0 Å². The molecule has 1 N–H and O–H groups in total. The highest BCUT2D eigenvalue weighted by Crippen LogP contribution is 2.36. The zero-order valence-electron chi connectivity index (χ0n) is 20.1. The number of carbonyl (C=O) groups excluding carboxylic acids is 1. The first kappa shape index (κ1) is 24.9. The van der Waals surface area contributed by atoms with Crippen LogP contribution in [0.3, 0.4) is 0 Å². The van der Waals surface area contributed by atoms with Crippen LogP contribution in [0.25, 0.3) is 0 Å². The molecule has 0 radical (unpaired) electrons. The largest absolute Gasteiger partial charge is 0.478 e. The Morgan fingerprint density at radius 3 is 1.72 bits per heavy atom. The van der Waals surface area contributed by atoms with Gasteiger partial charge in [-0.3, -0.25) is 4.90 Å². The summed E-state index contributed by atoms with van der Waals surface area (Å²) in [4.78, 5) is 27.8. The predicted molar refractivity (Wildman–Crippen MR) is 139 cm³/mol. The molecule has 182 valence electrons. The van der Waals surface area contributed by atoms with E-state index in [0.29, 0.717) is 12.1 Å². The lowest BCUT2D eigenvalue weighted by Gasteiger charge is -2.39. The van der Waals surface area contributed by atoms with Crippen molar-refractivity contribution >= 4 is 11.9 Å². The van der Waals surface area contributed by atoms with Crippen LogP contribution in [0.4, 0.5) is 0 Å². The second-order valence-corrected chi connectivity index (χ2v) is 8.63. The maximum atomic E-state index is 13.0. The second kappa shape index (κ2) is 12.0. The fourth-order valence-corrected chi connectivity index (χ4v) is 4.39. The van der Waals surface area contributed by atoms with Crippen LogP contribution in [0.5, 0.6) is 0 Å². The number of aliphatic carboxylic acids is 1. The molecule has 4 aromatic carbocycles. The normalized spacial score (nSPS) is 13.5. The highest BCUT2D eigenvalue weighted by molar-refractivity contribution is 5.91. The highest BCUT2D eigenvalue weighted by Gasteiger charge is 2.39. The van der Waals surface area contributed by atoms with Crippen LogP contribution in [0.15, 0.2) is 121 Å². The molecule has 5 nitrogen and oxygen atoms in total. The van der Waals surface area contributed by atoms with Crippen molar-refractivity contribution in [3.63, 3.8) is 0 Å². The van der Waals surface area contributed by atoms with E-state index < -0.39 is 24.1 Å². The van der Waals surface area contributed by atoms with Gasteiger partial charge in [-0.2, -0.15) is 0 Å². The quantitative estimate of drug-likeness (QED) is 0.270. The zero-order chi connectivity index (χ0) is 25.3. The summed E-state index contributed by atoms with van der Waals surface area (Å²) < 4.78 is 5.74. The maximum Gasteiger partial charge on any atom is 0.347 e. The number of hydrogen-bond acceptors (Lipinski definition) is 4. The third-order valence-electron chi connectivity index (χ3n) is 6.26. The van der Waals surface area contributed by atoms with E-state index in [2.05, 4.69) is 4.90 Å². The smallest absolute Gasteiger partial charge is 0.347 e. The number of benzene rings is 4. The topological polar surface area (TPSA) is 66.8 Å². The molecule has 0 aromatic heterocycles. The van der Waals surface area contributed by atoms with E-state index in [9.17, 15) is 14.7 Å². The number of ether oxygens (including phenoxy) is 1. The standard InChI is InChI=1S/C31H29NO4/c1-23(25-16-8-3-9-17-25)32(22-24-14-6-2-7-15-24)28(26-18-10-4-11-19-26)29(30(33)34)36-31(35)27-20-12-5-13-21-27/h2-21,23,28-29H,22H2,1H3,(H,33,34)/t23-,28-,29-/m0/s1. The molecule has 0 aliphatic rings. The summed E-state index contributed by atoms with van der Waals surface area (Å²) in [6, 6.07) is 36.8.